The molecule has 0 saturated heterocycles. The SMILES string of the molecule is CCS(=N)(=O)c1ncccc1C(=O)OC. The topological polar surface area (TPSA) is 80.1 Å². The first-order valence-corrected chi connectivity index (χ1v) is 6.05. The maximum Gasteiger partial charge on any atom is 0.340 e. The number of aromatic nitrogens is 1. The van der Waals surface area contributed by atoms with Gasteiger partial charge in [-0.2, -0.15) is 0 Å². The Kier molecular flexibility index (Phi) is 3.41. The molecule has 0 aromatic carbocycles. The van der Waals surface area contributed by atoms with Crippen LogP contribution in [0.5, 0.6) is 0 Å². The standard InChI is InChI=1S/C9H12N2O3S/c1-3-15(10,13)8-7(9(12)14-2)5-4-6-11-8/h4-6,10H,3H2,1-2H3. The largest absolute Gasteiger partial charge is 0.465 e. The lowest BCUT2D eigenvalue weighted by Gasteiger charge is -2.07. The summed E-state index contributed by atoms with van der Waals surface area (Å²) in [6.45, 7) is 1.62. The molecule has 0 fully saturated rings. The van der Waals surface area contributed by atoms with Crippen LogP contribution in [-0.4, -0.2) is 28.0 Å². The highest BCUT2D eigenvalue weighted by Gasteiger charge is 2.19. The molecule has 0 aliphatic heterocycles. The Morgan fingerprint density at radius 1 is 1.67 bits per heavy atom. The van der Waals surface area contributed by atoms with Crippen LogP contribution in [0.2, 0.25) is 0 Å². The normalized spacial score (nSPS) is 14.3. The predicted molar refractivity (Wildman–Crippen MR) is 55.2 cm³/mol. The number of nitrogens with one attached hydrogen (secondary N) is 1. The van der Waals surface area contributed by atoms with E-state index in [1.54, 1.807) is 13.0 Å². The van der Waals surface area contributed by atoms with E-state index in [0.717, 1.165) is 0 Å². The fourth-order valence-corrected chi connectivity index (χ4v) is 2.07. The lowest BCUT2D eigenvalue weighted by molar-refractivity contribution is 0.0595. The summed E-state index contributed by atoms with van der Waals surface area (Å²) >= 11 is 0. The van der Waals surface area contributed by atoms with Gasteiger partial charge in [0.15, 0.2) is 0 Å². The Balaban J connectivity index is 3.37. The number of methoxy groups -OCH3 is 1. The maximum atomic E-state index is 11.8. The first-order chi connectivity index (χ1) is 7.03. The van der Waals surface area contributed by atoms with Crippen LogP contribution in [0.3, 0.4) is 0 Å². The summed E-state index contributed by atoms with van der Waals surface area (Å²) in [5.74, 6) is -0.500. The minimum atomic E-state index is -3.00. The van der Waals surface area contributed by atoms with Gasteiger partial charge in [0, 0.05) is 11.9 Å². The summed E-state index contributed by atoms with van der Waals surface area (Å²) < 4.78 is 23.9. The van der Waals surface area contributed by atoms with Gasteiger partial charge in [0.05, 0.1) is 22.4 Å². The number of rotatable bonds is 3. The summed E-state index contributed by atoms with van der Waals surface area (Å²) in [7, 11) is -1.76. The van der Waals surface area contributed by atoms with E-state index in [-0.39, 0.29) is 16.3 Å². The Labute approximate surface area is 88.5 Å². The minimum Gasteiger partial charge on any atom is -0.465 e. The Hall–Kier alpha value is -1.43. The van der Waals surface area contributed by atoms with Crippen molar-refractivity contribution < 1.29 is 13.7 Å². The molecule has 0 bridgehead atoms. The summed E-state index contributed by atoms with van der Waals surface area (Å²) in [6.07, 6.45) is 1.41. The summed E-state index contributed by atoms with van der Waals surface area (Å²) in [4.78, 5) is 15.2. The molecule has 0 aliphatic carbocycles. The average Bonchev–Trinajstić information content (AvgIpc) is 2.28. The van der Waals surface area contributed by atoms with Gasteiger partial charge in [-0.3, -0.25) is 0 Å². The van der Waals surface area contributed by atoms with Crippen LogP contribution in [0.25, 0.3) is 0 Å². The fourth-order valence-electron chi connectivity index (χ4n) is 1.06. The molecule has 1 aromatic heterocycles. The van der Waals surface area contributed by atoms with Crippen molar-refractivity contribution in [2.24, 2.45) is 0 Å². The van der Waals surface area contributed by atoms with Crippen molar-refractivity contribution in [3.63, 3.8) is 0 Å². The molecule has 1 rings (SSSR count). The van der Waals surface area contributed by atoms with Gasteiger partial charge in [-0.1, -0.05) is 6.92 Å². The summed E-state index contributed by atoms with van der Waals surface area (Å²) in [5.41, 5.74) is 0.0989. The van der Waals surface area contributed by atoms with E-state index in [0.29, 0.717) is 0 Å². The molecule has 0 spiro atoms. The average molecular weight is 228 g/mol. The fraction of sp³-hybridized carbons (Fsp3) is 0.333. The smallest absolute Gasteiger partial charge is 0.340 e. The molecule has 1 aromatic rings. The summed E-state index contributed by atoms with van der Waals surface area (Å²) in [5, 5.41) is -0.000602. The van der Waals surface area contributed by atoms with Gasteiger partial charge in [0.25, 0.3) is 0 Å². The van der Waals surface area contributed by atoms with Crippen LogP contribution >= 0.6 is 0 Å². The number of hydrogen-bond donors (Lipinski definition) is 1. The van der Waals surface area contributed by atoms with Gasteiger partial charge >= 0.3 is 5.97 Å². The lowest BCUT2D eigenvalue weighted by atomic mass is 10.3. The highest BCUT2D eigenvalue weighted by atomic mass is 32.2. The molecule has 1 heterocycles. The number of carbonyl (C=O) groups is 1. The van der Waals surface area contributed by atoms with Gasteiger partial charge in [0.2, 0.25) is 0 Å². The third kappa shape index (κ3) is 2.33. The molecule has 1 unspecified atom stereocenters. The molecule has 1 atom stereocenters. The van der Waals surface area contributed by atoms with E-state index in [1.807, 2.05) is 0 Å². The van der Waals surface area contributed by atoms with E-state index in [2.05, 4.69) is 9.72 Å². The first kappa shape index (κ1) is 11.6. The van der Waals surface area contributed by atoms with Gasteiger partial charge in [-0.15, -0.1) is 0 Å². The molecule has 1 N–H and O–H groups in total. The molecule has 15 heavy (non-hydrogen) atoms. The summed E-state index contributed by atoms with van der Waals surface area (Å²) in [6, 6.07) is 3.00. The Bertz CT molecular complexity index is 468. The second kappa shape index (κ2) is 4.39. The second-order valence-corrected chi connectivity index (χ2v) is 5.13. The van der Waals surface area contributed by atoms with Gasteiger partial charge in [0.1, 0.15) is 5.03 Å². The van der Waals surface area contributed by atoms with Crippen LogP contribution in [0, 0.1) is 4.78 Å². The molecule has 6 heteroatoms. The van der Waals surface area contributed by atoms with Crippen LogP contribution in [0.4, 0.5) is 0 Å². The maximum absolute atomic E-state index is 11.8. The highest BCUT2D eigenvalue weighted by molar-refractivity contribution is 7.92. The monoisotopic (exact) mass is 228 g/mol. The second-order valence-electron chi connectivity index (χ2n) is 2.81. The van der Waals surface area contributed by atoms with Crippen molar-refractivity contribution in [3.8, 4) is 0 Å². The van der Waals surface area contributed by atoms with Crippen LogP contribution < -0.4 is 0 Å². The number of pyridine rings is 1. The number of hydrogen-bond acceptors (Lipinski definition) is 5. The minimum absolute atomic E-state index is 0.000602. The van der Waals surface area contributed by atoms with Gasteiger partial charge in [-0.25, -0.2) is 18.8 Å². The third-order valence-corrected chi connectivity index (χ3v) is 3.66. The third-order valence-electron chi connectivity index (χ3n) is 1.90. The quantitative estimate of drug-likeness (QED) is 0.790. The van der Waals surface area contributed by atoms with Crippen molar-refractivity contribution in [1.29, 1.82) is 4.78 Å². The Morgan fingerprint density at radius 2 is 2.33 bits per heavy atom. The van der Waals surface area contributed by atoms with Crippen molar-refractivity contribution >= 4 is 15.7 Å². The zero-order valence-corrected chi connectivity index (χ0v) is 9.34. The van der Waals surface area contributed by atoms with Crippen LogP contribution in [0.15, 0.2) is 23.4 Å². The number of ether oxygens (including phenoxy) is 1. The van der Waals surface area contributed by atoms with E-state index >= 15 is 0 Å². The number of nitrogens with zero attached hydrogens (tertiary/aromatic N) is 1. The van der Waals surface area contributed by atoms with E-state index in [4.69, 9.17) is 4.78 Å². The molecule has 0 saturated carbocycles. The number of carbonyl (C=O) groups excluding carboxylic acids is 1. The van der Waals surface area contributed by atoms with Gasteiger partial charge < -0.3 is 4.74 Å². The van der Waals surface area contributed by atoms with E-state index in [9.17, 15) is 9.00 Å². The van der Waals surface area contributed by atoms with Crippen molar-refractivity contribution in [2.45, 2.75) is 11.9 Å². The Morgan fingerprint density at radius 3 is 2.87 bits per heavy atom. The molecule has 0 amide bonds. The molecule has 82 valence electrons. The van der Waals surface area contributed by atoms with Crippen molar-refractivity contribution in [1.82, 2.24) is 4.98 Å². The molecule has 0 aliphatic rings. The van der Waals surface area contributed by atoms with Gasteiger partial charge in [-0.05, 0) is 12.1 Å². The van der Waals surface area contributed by atoms with E-state index < -0.39 is 15.7 Å². The molecule has 0 radical (unpaired) electrons. The highest BCUT2D eigenvalue weighted by Crippen LogP contribution is 2.15. The predicted octanol–water partition coefficient (Wildman–Crippen LogP) is 1.29. The zero-order valence-electron chi connectivity index (χ0n) is 8.52. The van der Waals surface area contributed by atoms with Crippen molar-refractivity contribution in [2.75, 3.05) is 12.9 Å². The van der Waals surface area contributed by atoms with Crippen LogP contribution in [-0.2, 0) is 14.5 Å². The molecule has 5 nitrogen and oxygen atoms in total. The number of esters is 1. The van der Waals surface area contributed by atoms with E-state index in [1.165, 1.54) is 19.4 Å². The van der Waals surface area contributed by atoms with Crippen LogP contribution in [0.1, 0.15) is 17.3 Å². The zero-order chi connectivity index (χ0) is 11.5. The lowest BCUT2D eigenvalue weighted by Crippen LogP contribution is -2.12. The first-order valence-electron chi connectivity index (χ1n) is 4.32. The molecular weight excluding hydrogens is 216 g/mol. The van der Waals surface area contributed by atoms with Crippen molar-refractivity contribution in [3.05, 3.63) is 23.9 Å². The molecular formula is C9H12N2O3S.